The molecule has 2 aliphatic rings. The van der Waals surface area contributed by atoms with Crippen LogP contribution in [0.15, 0.2) is 0 Å². The van der Waals surface area contributed by atoms with Crippen molar-refractivity contribution in [3.8, 4) is 0 Å². The van der Waals surface area contributed by atoms with E-state index in [-0.39, 0.29) is 36.1 Å². The molecule has 0 aromatic carbocycles. The lowest BCUT2D eigenvalue weighted by molar-refractivity contribution is -0.155. The van der Waals surface area contributed by atoms with E-state index in [2.05, 4.69) is 0 Å². The minimum Gasteiger partial charge on any atom is -0.338 e. The Morgan fingerprint density at radius 2 is 1.50 bits per heavy atom. The van der Waals surface area contributed by atoms with E-state index in [0.29, 0.717) is 0 Å². The van der Waals surface area contributed by atoms with Gasteiger partial charge >= 0.3 is 0 Å². The van der Waals surface area contributed by atoms with Crippen LogP contribution in [-0.2, 0) is 9.59 Å². The third kappa shape index (κ3) is 1.21. The van der Waals surface area contributed by atoms with Crippen LogP contribution in [0, 0.1) is 0 Å². The SMILES string of the molecule is CC1C2N(C)C(C)C(=O)N2C(C)C(=O)N1C. The highest BCUT2D eigenvalue weighted by molar-refractivity contribution is 5.92. The molecule has 2 fully saturated rings. The molecule has 5 nitrogen and oxygen atoms in total. The van der Waals surface area contributed by atoms with Gasteiger partial charge in [0, 0.05) is 7.05 Å². The van der Waals surface area contributed by atoms with Crippen LogP contribution in [0.5, 0.6) is 0 Å². The summed E-state index contributed by atoms with van der Waals surface area (Å²) in [5.41, 5.74) is 0. The van der Waals surface area contributed by atoms with Gasteiger partial charge in [0.05, 0.1) is 12.1 Å². The van der Waals surface area contributed by atoms with Gasteiger partial charge in [-0.05, 0) is 27.8 Å². The second-order valence-electron chi connectivity index (χ2n) is 4.87. The minimum absolute atomic E-state index is 0.0141. The molecular formula is C11H19N3O2. The van der Waals surface area contributed by atoms with Gasteiger partial charge in [-0.1, -0.05) is 0 Å². The molecule has 5 heteroatoms. The molecule has 0 bridgehead atoms. The molecule has 2 heterocycles. The molecule has 0 aromatic rings. The van der Waals surface area contributed by atoms with Crippen LogP contribution in [0.2, 0.25) is 0 Å². The van der Waals surface area contributed by atoms with Crippen molar-refractivity contribution in [2.45, 2.75) is 45.1 Å². The molecule has 2 saturated heterocycles. The summed E-state index contributed by atoms with van der Waals surface area (Å²) in [6, 6.07) is -0.428. The first kappa shape index (κ1) is 11.4. The maximum atomic E-state index is 12.1. The quantitative estimate of drug-likeness (QED) is 0.570. The summed E-state index contributed by atoms with van der Waals surface area (Å²) >= 11 is 0. The summed E-state index contributed by atoms with van der Waals surface area (Å²) < 4.78 is 0. The number of rotatable bonds is 0. The van der Waals surface area contributed by atoms with Crippen LogP contribution in [0.1, 0.15) is 20.8 Å². The molecule has 90 valence electrons. The molecule has 16 heavy (non-hydrogen) atoms. The number of carbonyl (C=O) groups is 2. The van der Waals surface area contributed by atoms with Crippen LogP contribution in [0.3, 0.4) is 0 Å². The topological polar surface area (TPSA) is 43.9 Å². The Bertz CT molecular complexity index is 344. The van der Waals surface area contributed by atoms with Gasteiger partial charge in [-0.2, -0.15) is 0 Å². The van der Waals surface area contributed by atoms with E-state index in [9.17, 15) is 9.59 Å². The second kappa shape index (κ2) is 3.45. The molecule has 2 amide bonds. The van der Waals surface area contributed by atoms with Crippen LogP contribution in [0.25, 0.3) is 0 Å². The van der Waals surface area contributed by atoms with E-state index in [4.69, 9.17) is 0 Å². The molecule has 0 spiro atoms. The van der Waals surface area contributed by atoms with Crippen LogP contribution in [0.4, 0.5) is 0 Å². The maximum absolute atomic E-state index is 12.1. The molecule has 0 aromatic heterocycles. The van der Waals surface area contributed by atoms with E-state index in [1.54, 1.807) is 9.80 Å². The van der Waals surface area contributed by atoms with Gasteiger partial charge in [-0.3, -0.25) is 14.5 Å². The van der Waals surface area contributed by atoms with Gasteiger partial charge in [0.1, 0.15) is 12.2 Å². The maximum Gasteiger partial charge on any atom is 0.245 e. The Morgan fingerprint density at radius 1 is 0.938 bits per heavy atom. The molecule has 0 saturated carbocycles. The predicted molar refractivity (Wildman–Crippen MR) is 59.6 cm³/mol. The zero-order valence-electron chi connectivity index (χ0n) is 10.5. The molecule has 4 unspecified atom stereocenters. The number of fused-ring (bicyclic) bond motifs is 1. The molecule has 4 atom stereocenters. The van der Waals surface area contributed by atoms with Crippen molar-refractivity contribution in [1.29, 1.82) is 0 Å². The van der Waals surface area contributed by atoms with Crippen molar-refractivity contribution in [3.05, 3.63) is 0 Å². The Kier molecular flexibility index (Phi) is 2.45. The summed E-state index contributed by atoms with van der Waals surface area (Å²) in [6.45, 7) is 5.69. The summed E-state index contributed by atoms with van der Waals surface area (Å²) in [7, 11) is 3.75. The smallest absolute Gasteiger partial charge is 0.245 e. The van der Waals surface area contributed by atoms with Gasteiger partial charge in [0.2, 0.25) is 11.8 Å². The fraction of sp³-hybridized carbons (Fsp3) is 0.818. The summed E-state index contributed by atoms with van der Waals surface area (Å²) in [5, 5.41) is 0. The lowest BCUT2D eigenvalue weighted by atomic mass is 10.1. The van der Waals surface area contributed by atoms with Crippen LogP contribution in [-0.4, -0.2) is 64.9 Å². The molecule has 0 aliphatic carbocycles. The normalized spacial score (nSPS) is 40.6. The van der Waals surface area contributed by atoms with Crippen molar-refractivity contribution in [1.82, 2.24) is 14.7 Å². The monoisotopic (exact) mass is 225 g/mol. The number of nitrogens with zero attached hydrogens (tertiary/aromatic N) is 3. The Morgan fingerprint density at radius 3 is 2.06 bits per heavy atom. The molecular weight excluding hydrogens is 206 g/mol. The Hall–Kier alpha value is -1.10. The third-order valence-electron chi connectivity index (χ3n) is 4.09. The highest BCUT2D eigenvalue weighted by Gasteiger charge is 2.52. The number of hydrogen-bond donors (Lipinski definition) is 0. The number of carbonyl (C=O) groups excluding carboxylic acids is 2. The van der Waals surface area contributed by atoms with Gasteiger partial charge < -0.3 is 9.80 Å². The summed E-state index contributed by atoms with van der Waals surface area (Å²) in [6.07, 6.45) is 0.0141. The van der Waals surface area contributed by atoms with E-state index < -0.39 is 0 Å². The van der Waals surface area contributed by atoms with E-state index in [1.807, 2.05) is 39.8 Å². The first-order valence-electron chi connectivity index (χ1n) is 5.68. The van der Waals surface area contributed by atoms with Crippen molar-refractivity contribution < 1.29 is 9.59 Å². The number of likely N-dealkylation sites (N-methyl/N-ethyl adjacent to an activating group) is 2. The lowest BCUT2D eigenvalue weighted by Crippen LogP contribution is -2.65. The van der Waals surface area contributed by atoms with Crippen molar-refractivity contribution in [2.24, 2.45) is 0 Å². The van der Waals surface area contributed by atoms with Crippen molar-refractivity contribution in [2.75, 3.05) is 14.1 Å². The second-order valence-corrected chi connectivity index (χ2v) is 4.87. The van der Waals surface area contributed by atoms with Gasteiger partial charge in [0.25, 0.3) is 0 Å². The van der Waals surface area contributed by atoms with Crippen LogP contribution < -0.4 is 0 Å². The van der Waals surface area contributed by atoms with Crippen LogP contribution >= 0.6 is 0 Å². The Balaban J connectivity index is 2.40. The largest absolute Gasteiger partial charge is 0.338 e. The predicted octanol–water partition coefficient (Wildman–Crippen LogP) is -0.276. The van der Waals surface area contributed by atoms with E-state index >= 15 is 0 Å². The fourth-order valence-electron chi connectivity index (χ4n) is 2.75. The zero-order chi connectivity index (χ0) is 12.2. The standard InChI is InChI=1S/C11H19N3O2/c1-6-9-12(4)7(2)11(16)14(9)8(3)10(15)13(6)5/h6-9H,1-5H3. The minimum atomic E-state index is -0.342. The molecule has 2 aliphatic heterocycles. The van der Waals surface area contributed by atoms with Crippen molar-refractivity contribution >= 4 is 11.8 Å². The average molecular weight is 225 g/mol. The number of piperazine rings is 1. The highest BCUT2D eigenvalue weighted by Crippen LogP contribution is 2.31. The fourth-order valence-corrected chi connectivity index (χ4v) is 2.75. The summed E-state index contributed by atoms with van der Waals surface area (Å²) in [5.74, 6) is 0.0906. The summed E-state index contributed by atoms with van der Waals surface area (Å²) in [4.78, 5) is 29.5. The highest BCUT2D eigenvalue weighted by atomic mass is 16.2. The Labute approximate surface area is 96.0 Å². The van der Waals surface area contributed by atoms with Gasteiger partial charge in [0.15, 0.2) is 0 Å². The average Bonchev–Trinajstić information content (AvgIpc) is 2.48. The molecule has 0 N–H and O–H groups in total. The van der Waals surface area contributed by atoms with Gasteiger partial charge in [-0.15, -0.1) is 0 Å². The first-order valence-corrected chi connectivity index (χ1v) is 5.68. The van der Waals surface area contributed by atoms with E-state index in [0.717, 1.165) is 0 Å². The number of amides is 2. The van der Waals surface area contributed by atoms with Gasteiger partial charge in [-0.25, -0.2) is 0 Å². The molecule has 2 rings (SSSR count). The zero-order valence-corrected chi connectivity index (χ0v) is 10.5. The van der Waals surface area contributed by atoms with Crippen molar-refractivity contribution in [3.63, 3.8) is 0 Å². The molecule has 0 radical (unpaired) electrons. The lowest BCUT2D eigenvalue weighted by Gasteiger charge is -2.46. The van der Waals surface area contributed by atoms with E-state index in [1.165, 1.54) is 0 Å². The first-order chi connectivity index (χ1) is 7.37. The third-order valence-corrected chi connectivity index (χ3v) is 4.09. The number of hydrogen-bond acceptors (Lipinski definition) is 3.